The van der Waals surface area contributed by atoms with Gasteiger partial charge >= 0.3 is 0 Å². The molecule has 0 aliphatic carbocycles. The highest BCUT2D eigenvalue weighted by Crippen LogP contribution is 2.22. The summed E-state index contributed by atoms with van der Waals surface area (Å²) >= 11 is 0. The molecule has 1 aliphatic heterocycles. The van der Waals surface area contributed by atoms with Crippen LogP contribution < -0.4 is 15.5 Å². The van der Waals surface area contributed by atoms with Crippen molar-refractivity contribution >= 4 is 11.6 Å². The first-order valence-corrected chi connectivity index (χ1v) is 7.39. The minimum absolute atomic E-state index is 0.0776. The van der Waals surface area contributed by atoms with E-state index in [0.29, 0.717) is 12.1 Å². The summed E-state index contributed by atoms with van der Waals surface area (Å²) < 4.78 is 0. The van der Waals surface area contributed by atoms with Crippen LogP contribution in [0.3, 0.4) is 0 Å². The Hall–Kier alpha value is -1.55. The zero-order valence-corrected chi connectivity index (χ0v) is 12.6. The number of nitrogens with zero attached hydrogens (tertiary/aromatic N) is 1. The fraction of sp³-hybridized carbons (Fsp3) is 0.562. The fourth-order valence-electron chi connectivity index (χ4n) is 2.71. The lowest BCUT2D eigenvalue weighted by Crippen LogP contribution is -2.44. The Morgan fingerprint density at radius 2 is 1.85 bits per heavy atom. The molecule has 0 radical (unpaired) electrons. The summed E-state index contributed by atoms with van der Waals surface area (Å²) in [6.45, 7) is 5.76. The first-order chi connectivity index (χ1) is 9.60. The highest BCUT2D eigenvalue weighted by atomic mass is 16.1. The SMILES string of the molecule is CNC(C)c1ccc(N2CCC(NC(C)=O)CC2)cc1. The lowest BCUT2D eigenvalue weighted by molar-refractivity contribution is -0.119. The van der Waals surface area contributed by atoms with Gasteiger partial charge in [-0.2, -0.15) is 0 Å². The Morgan fingerprint density at radius 3 is 2.35 bits per heavy atom. The summed E-state index contributed by atoms with van der Waals surface area (Å²) in [7, 11) is 1.98. The molecule has 0 saturated carbocycles. The number of anilines is 1. The predicted octanol–water partition coefficient (Wildman–Crippen LogP) is 2.07. The Bertz CT molecular complexity index is 436. The van der Waals surface area contributed by atoms with Gasteiger partial charge < -0.3 is 15.5 Å². The van der Waals surface area contributed by atoms with Crippen molar-refractivity contribution in [1.29, 1.82) is 0 Å². The average molecular weight is 275 g/mol. The number of hydrogen-bond donors (Lipinski definition) is 2. The fourth-order valence-corrected chi connectivity index (χ4v) is 2.71. The molecule has 1 aromatic rings. The van der Waals surface area contributed by atoms with Gasteiger partial charge in [0.05, 0.1) is 0 Å². The summed E-state index contributed by atoms with van der Waals surface area (Å²) in [5.41, 5.74) is 2.59. The van der Waals surface area contributed by atoms with Crippen molar-refractivity contribution in [3.05, 3.63) is 29.8 Å². The molecule has 0 spiro atoms. The van der Waals surface area contributed by atoms with E-state index in [1.54, 1.807) is 6.92 Å². The number of carbonyl (C=O) groups is 1. The lowest BCUT2D eigenvalue weighted by atomic mass is 10.0. The molecule has 110 valence electrons. The molecule has 1 aliphatic rings. The van der Waals surface area contributed by atoms with Crippen LogP contribution in [-0.4, -0.2) is 32.1 Å². The molecule has 1 atom stereocenters. The molecule has 2 rings (SSSR count). The molecule has 1 fully saturated rings. The molecule has 4 nitrogen and oxygen atoms in total. The molecule has 2 N–H and O–H groups in total. The van der Waals surface area contributed by atoms with Crippen LogP contribution in [0, 0.1) is 0 Å². The summed E-state index contributed by atoms with van der Waals surface area (Å²) in [6.07, 6.45) is 2.04. The third kappa shape index (κ3) is 3.73. The Balaban J connectivity index is 1.92. The molecule has 0 bridgehead atoms. The third-order valence-corrected chi connectivity index (χ3v) is 4.09. The van der Waals surface area contributed by atoms with E-state index in [1.165, 1.54) is 11.3 Å². The van der Waals surface area contributed by atoms with E-state index in [2.05, 4.69) is 46.7 Å². The number of rotatable bonds is 4. The van der Waals surface area contributed by atoms with Crippen LogP contribution in [0.5, 0.6) is 0 Å². The minimum atomic E-state index is 0.0776. The van der Waals surface area contributed by atoms with E-state index < -0.39 is 0 Å². The standard InChI is InChI=1S/C16H25N3O/c1-12(17-3)14-4-6-16(7-5-14)19-10-8-15(9-11-19)18-13(2)20/h4-7,12,15,17H,8-11H2,1-3H3,(H,18,20). The van der Waals surface area contributed by atoms with Gasteiger partial charge in [0, 0.05) is 37.8 Å². The van der Waals surface area contributed by atoms with Crippen molar-refractivity contribution in [1.82, 2.24) is 10.6 Å². The number of nitrogens with one attached hydrogen (secondary N) is 2. The zero-order chi connectivity index (χ0) is 14.5. The van der Waals surface area contributed by atoms with Crippen molar-refractivity contribution in [2.75, 3.05) is 25.0 Å². The topological polar surface area (TPSA) is 44.4 Å². The number of amides is 1. The van der Waals surface area contributed by atoms with Gasteiger partial charge in [0.1, 0.15) is 0 Å². The van der Waals surface area contributed by atoms with Crippen molar-refractivity contribution in [3.63, 3.8) is 0 Å². The second-order valence-electron chi connectivity index (χ2n) is 5.56. The van der Waals surface area contributed by atoms with Crippen LogP contribution in [0.25, 0.3) is 0 Å². The molecule has 4 heteroatoms. The first kappa shape index (κ1) is 14.9. The molecule has 0 aromatic heterocycles. The van der Waals surface area contributed by atoms with Crippen LogP contribution in [-0.2, 0) is 4.79 Å². The molecular formula is C16H25N3O. The highest BCUT2D eigenvalue weighted by molar-refractivity contribution is 5.73. The second-order valence-corrected chi connectivity index (χ2v) is 5.56. The molecule has 1 saturated heterocycles. The van der Waals surface area contributed by atoms with E-state index in [9.17, 15) is 4.79 Å². The van der Waals surface area contributed by atoms with Gasteiger partial charge in [-0.25, -0.2) is 0 Å². The van der Waals surface area contributed by atoms with Crippen molar-refractivity contribution in [2.24, 2.45) is 0 Å². The third-order valence-electron chi connectivity index (χ3n) is 4.09. The highest BCUT2D eigenvalue weighted by Gasteiger charge is 2.19. The average Bonchev–Trinajstić information content (AvgIpc) is 2.47. The van der Waals surface area contributed by atoms with Crippen molar-refractivity contribution in [3.8, 4) is 0 Å². The first-order valence-electron chi connectivity index (χ1n) is 7.39. The zero-order valence-electron chi connectivity index (χ0n) is 12.6. The Kier molecular flexibility index (Phi) is 5.01. The van der Waals surface area contributed by atoms with Crippen LogP contribution in [0.1, 0.15) is 38.3 Å². The largest absolute Gasteiger partial charge is 0.371 e. The maximum absolute atomic E-state index is 11.1. The van der Waals surface area contributed by atoms with Gasteiger partial charge in [0.15, 0.2) is 0 Å². The minimum Gasteiger partial charge on any atom is -0.371 e. The number of carbonyl (C=O) groups excluding carboxylic acids is 1. The van der Waals surface area contributed by atoms with E-state index in [1.807, 2.05) is 7.05 Å². The van der Waals surface area contributed by atoms with E-state index in [0.717, 1.165) is 25.9 Å². The van der Waals surface area contributed by atoms with E-state index >= 15 is 0 Å². The van der Waals surface area contributed by atoms with Crippen LogP contribution in [0.15, 0.2) is 24.3 Å². The quantitative estimate of drug-likeness (QED) is 0.884. The van der Waals surface area contributed by atoms with Crippen LogP contribution in [0.4, 0.5) is 5.69 Å². The van der Waals surface area contributed by atoms with Gasteiger partial charge in [-0.3, -0.25) is 4.79 Å². The summed E-state index contributed by atoms with van der Waals surface area (Å²) in [4.78, 5) is 13.5. The summed E-state index contributed by atoms with van der Waals surface area (Å²) in [5.74, 6) is 0.0776. The molecule has 1 unspecified atom stereocenters. The number of piperidine rings is 1. The van der Waals surface area contributed by atoms with Gasteiger partial charge in [0.2, 0.25) is 5.91 Å². The maximum atomic E-state index is 11.1. The molecular weight excluding hydrogens is 250 g/mol. The second kappa shape index (κ2) is 6.75. The van der Waals surface area contributed by atoms with Crippen molar-refractivity contribution in [2.45, 2.75) is 38.8 Å². The number of hydrogen-bond acceptors (Lipinski definition) is 3. The molecule has 1 heterocycles. The van der Waals surface area contributed by atoms with Gasteiger partial charge in [-0.1, -0.05) is 12.1 Å². The predicted molar refractivity (Wildman–Crippen MR) is 83.0 cm³/mol. The monoisotopic (exact) mass is 275 g/mol. The molecule has 1 aromatic carbocycles. The van der Waals surface area contributed by atoms with Gasteiger partial charge in [-0.15, -0.1) is 0 Å². The van der Waals surface area contributed by atoms with Gasteiger partial charge in [-0.05, 0) is 44.5 Å². The summed E-state index contributed by atoms with van der Waals surface area (Å²) in [5, 5.41) is 6.26. The van der Waals surface area contributed by atoms with E-state index in [-0.39, 0.29) is 5.91 Å². The van der Waals surface area contributed by atoms with Gasteiger partial charge in [0.25, 0.3) is 0 Å². The normalized spacial score (nSPS) is 17.9. The van der Waals surface area contributed by atoms with Crippen LogP contribution in [0.2, 0.25) is 0 Å². The molecule has 1 amide bonds. The summed E-state index contributed by atoms with van der Waals surface area (Å²) in [6, 6.07) is 9.50. The van der Waals surface area contributed by atoms with Crippen LogP contribution >= 0.6 is 0 Å². The Labute approximate surface area is 121 Å². The maximum Gasteiger partial charge on any atom is 0.217 e. The number of benzene rings is 1. The Morgan fingerprint density at radius 1 is 1.25 bits per heavy atom. The molecule has 20 heavy (non-hydrogen) atoms. The lowest BCUT2D eigenvalue weighted by Gasteiger charge is -2.34. The smallest absolute Gasteiger partial charge is 0.217 e. The van der Waals surface area contributed by atoms with E-state index in [4.69, 9.17) is 0 Å². The van der Waals surface area contributed by atoms with Crippen molar-refractivity contribution < 1.29 is 4.79 Å².